The summed E-state index contributed by atoms with van der Waals surface area (Å²) in [5.41, 5.74) is 10.0. The quantitative estimate of drug-likeness (QED) is 0.199. The first-order valence-electron chi connectivity index (χ1n) is 13.4. The van der Waals surface area contributed by atoms with Crippen molar-refractivity contribution in [1.82, 2.24) is 0 Å². The van der Waals surface area contributed by atoms with Crippen LogP contribution in [0, 0.1) is 13.8 Å². The molecule has 1 aromatic heterocycles. The van der Waals surface area contributed by atoms with Crippen LogP contribution in [-0.4, -0.2) is 0 Å². The van der Waals surface area contributed by atoms with E-state index in [1.807, 2.05) is 0 Å². The molecule has 1 unspecified atom stereocenters. The summed E-state index contributed by atoms with van der Waals surface area (Å²) in [6, 6.07) is 39.8. The van der Waals surface area contributed by atoms with Gasteiger partial charge in [0.05, 0.1) is 0 Å². The van der Waals surface area contributed by atoms with Gasteiger partial charge in [-0.15, -0.1) is 11.3 Å². The SMILES string of the molecule is CCC(C)c1ccc(-c2ccc(C=Cc3ccc(N(c4ccc(C)cc4)c4ccc(C)cc4)s3)cc2)cc1. The fourth-order valence-electron chi connectivity index (χ4n) is 4.55. The van der Waals surface area contributed by atoms with Gasteiger partial charge in [-0.2, -0.15) is 0 Å². The van der Waals surface area contributed by atoms with Crippen LogP contribution in [0.25, 0.3) is 23.3 Å². The van der Waals surface area contributed by atoms with Crippen molar-refractivity contribution in [3.63, 3.8) is 0 Å². The van der Waals surface area contributed by atoms with Gasteiger partial charge >= 0.3 is 0 Å². The van der Waals surface area contributed by atoms with E-state index in [1.54, 1.807) is 11.3 Å². The minimum Gasteiger partial charge on any atom is -0.302 e. The molecule has 0 spiro atoms. The van der Waals surface area contributed by atoms with E-state index in [0.717, 1.165) is 0 Å². The fourth-order valence-corrected chi connectivity index (χ4v) is 5.50. The molecule has 0 bridgehead atoms. The maximum absolute atomic E-state index is 2.34. The highest BCUT2D eigenvalue weighted by Gasteiger charge is 2.14. The lowest BCUT2D eigenvalue weighted by Crippen LogP contribution is -2.08. The van der Waals surface area contributed by atoms with Crippen LogP contribution in [0.5, 0.6) is 0 Å². The molecule has 1 nitrogen and oxygen atoms in total. The Balaban J connectivity index is 1.34. The molecule has 5 aromatic rings. The molecule has 2 heteroatoms. The second-order valence-corrected chi connectivity index (χ2v) is 11.2. The van der Waals surface area contributed by atoms with Crippen LogP contribution in [0.1, 0.15) is 53.3 Å². The Morgan fingerprint density at radius 2 is 1.16 bits per heavy atom. The molecule has 0 aliphatic carbocycles. The molecule has 0 aliphatic rings. The summed E-state index contributed by atoms with van der Waals surface area (Å²) < 4.78 is 0. The zero-order valence-corrected chi connectivity index (χ0v) is 23.5. The summed E-state index contributed by atoms with van der Waals surface area (Å²) in [7, 11) is 0. The standard InChI is InChI=1S/C36H35NS/c1-5-28(4)30-15-17-32(18-16-30)31-13-10-29(11-14-31)12-23-35-24-25-36(38-35)37(33-19-6-26(2)7-20-33)34-21-8-27(3)9-22-34/h6-25,28H,5H2,1-4H3. The van der Waals surface area contributed by atoms with Gasteiger partial charge in [0, 0.05) is 16.3 Å². The van der Waals surface area contributed by atoms with Gasteiger partial charge in [0.2, 0.25) is 0 Å². The lowest BCUT2D eigenvalue weighted by molar-refractivity contribution is 0.734. The zero-order chi connectivity index (χ0) is 26.5. The van der Waals surface area contributed by atoms with Crippen molar-refractivity contribution in [2.75, 3.05) is 4.90 Å². The van der Waals surface area contributed by atoms with Gasteiger partial charge in [0.15, 0.2) is 0 Å². The molecule has 0 saturated heterocycles. The van der Waals surface area contributed by atoms with E-state index in [4.69, 9.17) is 0 Å². The first-order valence-corrected chi connectivity index (χ1v) is 14.2. The number of aryl methyl sites for hydroxylation is 2. The van der Waals surface area contributed by atoms with Crippen molar-refractivity contribution in [3.8, 4) is 11.1 Å². The van der Waals surface area contributed by atoms with Crippen LogP contribution in [0.15, 0.2) is 109 Å². The Morgan fingerprint density at radius 3 is 1.68 bits per heavy atom. The van der Waals surface area contributed by atoms with Crippen molar-refractivity contribution in [3.05, 3.63) is 136 Å². The maximum Gasteiger partial charge on any atom is 0.100 e. The van der Waals surface area contributed by atoms with Gasteiger partial charge in [-0.25, -0.2) is 0 Å². The third kappa shape index (κ3) is 5.98. The van der Waals surface area contributed by atoms with E-state index >= 15 is 0 Å². The normalized spacial score (nSPS) is 12.1. The first kappa shape index (κ1) is 25.8. The summed E-state index contributed by atoms with van der Waals surface area (Å²) in [6.07, 6.45) is 5.59. The number of rotatable bonds is 8. The highest BCUT2D eigenvalue weighted by atomic mass is 32.1. The van der Waals surface area contributed by atoms with Crippen molar-refractivity contribution in [2.45, 2.75) is 40.0 Å². The van der Waals surface area contributed by atoms with E-state index in [-0.39, 0.29) is 0 Å². The van der Waals surface area contributed by atoms with E-state index in [0.29, 0.717) is 5.92 Å². The first-order chi connectivity index (χ1) is 18.5. The molecular formula is C36H35NS. The van der Waals surface area contributed by atoms with Crippen molar-refractivity contribution in [2.24, 2.45) is 0 Å². The number of anilines is 3. The smallest absolute Gasteiger partial charge is 0.100 e. The molecule has 0 aliphatic heterocycles. The Morgan fingerprint density at radius 1 is 0.632 bits per heavy atom. The monoisotopic (exact) mass is 513 g/mol. The van der Waals surface area contributed by atoms with Crippen LogP contribution in [0.3, 0.4) is 0 Å². The van der Waals surface area contributed by atoms with Gasteiger partial charge in [0.1, 0.15) is 5.00 Å². The molecule has 4 aromatic carbocycles. The largest absolute Gasteiger partial charge is 0.302 e. The maximum atomic E-state index is 2.34. The average Bonchev–Trinajstić information content (AvgIpc) is 3.42. The second kappa shape index (κ2) is 11.7. The summed E-state index contributed by atoms with van der Waals surface area (Å²) in [5.74, 6) is 0.607. The Bertz CT molecular complexity index is 1440. The topological polar surface area (TPSA) is 3.24 Å². The minimum absolute atomic E-state index is 0.607. The molecule has 1 heterocycles. The summed E-state index contributed by atoms with van der Waals surface area (Å²) in [5, 5.41) is 1.20. The van der Waals surface area contributed by atoms with Gasteiger partial charge in [-0.1, -0.05) is 104 Å². The number of nitrogens with zero attached hydrogens (tertiary/aromatic N) is 1. The number of hydrogen-bond acceptors (Lipinski definition) is 2. The molecule has 0 fully saturated rings. The third-order valence-electron chi connectivity index (χ3n) is 7.19. The molecule has 0 saturated carbocycles. The van der Waals surface area contributed by atoms with E-state index in [1.165, 1.54) is 61.1 Å². The summed E-state index contributed by atoms with van der Waals surface area (Å²) in [4.78, 5) is 3.57. The number of thiophene rings is 1. The van der Waals surface area contributed by atoms with E-state index in [9.17, 15) is 0 Å². The predicted molar refractivity (Wildman–Crippen MR) is 168 cm³/mol. The Kier molecular flexibility index (Phi) is 7.91. The van der Waals surface area contributed by atoms with Gasteiger partial charge in [0.25, 0.3) is 0 Å². The van der Waals surface area contributed by atoms with Crippen LogP contribution in [0.4, 0.5) is 16.4 Å². The molecule has 1 atom stereocenters. The molecule has 5 rings (SSSR count). The Labute approximate surface area is 231 Å². The van der Waals surface area contributed by atoms with Crippen LogP contribution in [-0.2, 0) is 0 Å². The zero-order valence-electron chi connectivity index (χ0n) is 22.7. The lowest BCUT2D eigenvalue weighted by Gasteiger charge is -2.23. The highest BCUT2D eigenvalue weighted by Crippen LogP contribution is 2.39. The highest BCUT2D eigenvalue weighted by molar-refractivity contribution is 7.17. The second-order valence-electron chi connectivity index (χ2n) is 10.1. The van der Waals surface area contributed by atoms with Crippen LogP contribution in [0.2, 0.25) is 0 Å². The van der Waals surface area contributed by atoms with Gasteiger partial charge in [-0.05, 0) is 90.9 Å². The molecular weight excluding hydrogens is 478 g/mol. The fraction of sp³-hybridized carbons (Fsp3) is 0.167. The lowest BCUT2D eigenvalue weighted by atomic mass is 9.95. The molecule has 0 radical (unpaired) electrons. The third-order valence-corrected chi connectivity index (χ3v) is 8.23. The van der Waals surface area contributed by atoms with Crippen LogP contribution >= 0.6 is 11.3 Å². The van der Waals surface area contributed by atoms with E-state index in [2.05, 4.69) is 154 Å². The van der Waals surface area contributed by atoms with Crippen molar-refractivity contribution in [1.29, 1.82) is 0 Å². The molecule has 38 heavy (non-hydrogen) atoms. The minimum atomic E-state index is 0.607. The molecule has 0 N–H and O–H groups in total. The molecule has 190 valence electrons. The molecule has 0 amide bonds. The van der Waals surface area contributed by atoms with Gasteiger partial charge < -0.3 is 4.90 Å². The average molecular weight is 514 g/mol. The van der Waals surface area contributed by atoms with Crippen molar-refractivity contribution < 1.29 is 0 Å². The van der Waals surface area contributed by atoms with E-state index < -0.39 is 0 Å². The summed E-state index contributed by atoms with van der Waals surface area (Å²) in [6.45, 7) is 8.79. The number of benzene rings is 4. The predicted octanol–water partition coefficient (Wildman–Crippen LogP) is 11.2. The van der Waals surface area contributed by atoms with Crippen molar-refractivity contribution >= 4 is 39.9 Å². The number of hydrogen-bond donors (Lipinski definition) is 0. The van der Waals surface area contributed by atoms with Gasteiger partial charge in [-0.3, -0.25) is 0 Å². The Hall–Kier alpha value is -3.88. The summed E-state index contributed by atoms with van der Waals surface area (Å²) >= 11 is 1.80. The van der Waals surface area contributed by atoms with Crippen LogP contribution < -0.4 is 4.90 Å².